The van der Waals surface area contributed by atoms with Gasteiger partial charge in [0, 0.05) is 22.9 Å². The summed E-state index contributed by atoms with van der Waals surface area (Å²) in [6, 6.07) is 9.54. The van der Waals surface area contributed by atoms with Gasteiger partial charge in [-0.15, -0.1) is 0 Å². The maximum Gasteiger partial charge on any atom is 0.283 e. The molecule has 1 saturated heterocycles. The minimum Gasteiger partial charge on any atom is -0.373 e. The minimum absolute atomic E-state index is 0.0174. The molecular formula is C23H26BrN5O5S. The predicted octanol–water partition coefficient (Wildman–Crippen LogP) is 2.21. The molecule has 2 N–H and O–H groups in total. The van der Waals surface area contributed by atoms with Crippen molar-refractivity contribution in [2.24, 2.45) is 0 Å². The van der Waals surface area contributed by atoms with Crippen LogP contribution in [-0.2, 0) is 19.6 Å². The molecule has 2 aromatic carbocycles. The molecule has 1 aliphatic heterocycles. The van der Waals surface area contributed by atoms with E-state index in [1.165, 1.54) is 18.3 Å². The number of carbonyl (C=O) groups excluding carboxylic acids is 2. The molecule has 1 aliphatic rings. The predicted molar refractivity (Wildman–Crippen MR) is 133 cm³/mol. The third-order valence-corrected chi connectivity index (χ3v) is 7.66. The molecule has 0 saturated carbocycles. The number of benzene rings is 2. The fourth-order valence-electron chi connectivity index (χ4n) is 4.11. The monoisotopic (exact) mass is 563 g/mol. The number of aryl methyl sites for hydroxylation is 1. The molecule has 2 amide bonds. The van der Waals surface area contributed by atoms with Crippen molar-refractivity contribution in [3.8, 4) is 0 Å². The van der Waals surface area contributed by atoms with Crippen molar-refractivity contribution in [1.82, 2.24) is 24.9 Å². The maximum absolute atomic E-state index is 13.2. The number of nitrogens with one attached hydrogen (secondary N) is 2. The highest BCUT2D eigenvalue weighted by atomic mass is 79.9. The van der Waals surface area contributed by atoms with Gasteiger partial charge in [0.1, 0.15) is 0 Å². The van der Waals surface area contributed by atoms with Crippen LogP contribution in [0.2, 0.25) is 0 Å². The number of rotatable bonds is 5. The smallest absolute Gasteiger partial charge is 0.283 e. The first-order valence-electron chi connectivity index (χ1n) is 11.0. The molecule has 10 nitrogen and oxygen atoms in total. The number of hydrazine groups is 1. The first-order chi connectivity index (χ1) is 16.5. The van der Waals surface area contributed by atoms with Gasteiger partial charge < -0.3 is 4.74 Å². The van der Waals surface area contributed by atoms with Crippen molar-refractivity contribution in [3.63, 3.8) is 0 Å². The van der Waals surface area contributed by atoms with E-state index in [9.17, 15) is 18.0 Å². The van der Waals surface area contributed by atoms with Crippen LogP contribution in [0, 0.1) is 6.92 Å². The van der Waals surface area contributed by atoms with Crippen molar-refractivity contribution in [3.05, 3.63) is 58.2 Å². The molecule has 2 heterocycles. The molecular weight excluding hydrogens is 538 g/mol. The van der Waals surface area contributed by atoms with Crippen LogP contribution in [0.4, 0.5) is 0 Å². The van der Waals surface area contributed by atoms with Gasteiger partial charge in [0.25, 0.3) is 21.8 Å². The molecule has 12 heteroatoms. The van der Waals surface area contributed by atoms with E-state index in [1.807, 2.05) is 25.7 Å². The van der Waals surface area contributed by atoms with Crippen LogP contribution < -0.4 is 10.9 Å². The lowest BCUT2D eigenvalue weighted by molar-refractivity contribution is -0.126. The Bertz CT molecular complexity index is 1360. The molecule has 3 aromatic rings. The molecule has 2 unspecified atom stereocenters. The Labute approximate surface area is 211 Å². The summed E-state index contributed by atoms with van der Waals surface area (Å²) in [6.45, 7) is 7.10. The van der Waals surface area contributed by atoms with Crippen LogP contribution in [0.3, 0.4) is 0 Å². The van der Waals surface area contributed by atoms with E-state index in [0.29, 0.717) is 22.9 Å². The summed E-state index contributed by atoms with van der Waals surface area (Å²) < 4.78 is 33.4. The van der Waals surface area contributed by atoms with E-state index < -0.39 is 15.9 Å². The van der Waals surface area contributed by atoms with Gasteiger partial charge in [0.05, 0.1) is 40.9 Å². The van der Waals surface area contributed by atoms with E-state index in [0.717, 1.165) is 9.65 Å². The Morgan fingerprint density at radius 2 is 1.77 bits per heavy atom. The van der Waals surface area contributed by atoms with Gasteiger partial charge in [-0.3, -0.25) is 25.3 Å². The van der Waals surface area contributed by atoms with Crippen molar-refractivity contribution in [2.75, 3.05) is 19.6 Å². The van der Waals surface area contributed by atoms with Gasteiger partial charge in [-0.2, -0.15) is 17.6 Å². The van der Waals surface area contributed by atoms with E-state index in [1.54, 1.807) is 24.3 Å². The third-order valence-electron chi connectivity index (χ3n) is 5.59. The first-order valence-corrected chi connectivity index (χ1v) is 13.2. The summed E-state index contributed by atoms with van der Waals surface area (Å²) in [5, 5.41) is 4.38. The van der Waals surface area contributed by atoms with Crippen molar-refractivity contribution >= 4 is 48.7 Å². The Hall–Kier alpha value is -2.80. The number of hydrogen-bond acceptors (Lipinski definition) is 7. The van der Waals surface area contributed by atoms with Gasteiger partial charge in [0.15, 0.2) is 0 Å². The second kappa shape index (κ2) is 10.1. The summed E-state index contributed by atoms with van der Waals surface area (Å²) in [5.41, 5.74) is 6.16. The average molecular weight is 564 g/mol. The quantitative estimate of drug-likeness (QED) is 0.456. The number of halogens is 1. The number of morpholine rings is 1. The van der Waals surface area contributed by atoms with Gasteiger partial charge >= 0.3 is 0 Å². The fraction of sp³-hybridized carbons (Fsp3) is 0.348. The normalized spacial score (nSPS) is 19.0. The zero-order chi connectivity index (χ0) is 25.3. The second-order valence-electron chi connectivity index (χ2n) is 8.65. The standard InChI is InChI=1S/C23H26BrN5O5S/c1-14-4-6-18(7-5-14)35(32,33)29-21-9-17(24)8-19(20(21)10-25-29)23(31)27-26-22(30)13-28-11-15(2)34-16(3)12-28/h4-10,15-16H,11-13H2,1-3H3,(H,26,30)(H,27,31). The van der Waals surface area contributed by atoms with Crippen molar-refractivity contribution in [1.29, 1.82) is 0 Å². The SMILES string of the molecule is Cc1ccc(S(=O)(=O)n2ncc3c(C(=O)NNC(=O)CN4CC(C)OC(C)C4)cc(Br)cc32)cc1. The molecule has 1 fully saturated rings. The number of ether oxygens (including phenoxy) is 1. The van der Waals surface area contributed by atoms with Crippen LogP contribution in [0.15, 0.2) is 52.0 Å². The van der Waals surface area contributed by atoms with Crippen molar-refractivity contribution in [2.45, 2.75) is 37.9 Å². The molecule has 1 aromatic heterocycles. The summed E-state index contributed by atoms with van der Waals surface area (Å²) in [4.78, 5) is 27.3. The molecule has 35 heavy (non-hydrogen) atoms. The topological polar surface area (TPSA) is 123 Å². The zero-order valence-corrected chi connectivity index (χ0v) is 21.9. The minimum atomic E-state index is -3.98. The highest BCUT2D eigenvalue weighted by molar-refractivity contribution is 9.10. The van der Waals surface area contributed by atoms with Gasteiger partial charge in [-0.25, -0.2) is 0 Å². The van der Waals surface area contributed by atoms with Gasteiger partial charge in [-0.05, 0) is 45.0 Å². The molecule has 186 valence electrons. The lowest BCUT2D eigenvalue weighted by atomic mass is 10.1. The average Bonchev–Trinajstić information content (AvgIpc) is 3.21. The maximum atomic E-state index is 13.2. The molecule has 0 bridgehead atoms. The van der Waals surface area contributed by atoms with Crippen LogP contribution in [0.5, 0.6) is 0 Å². The third kappa shape index (κ3) is 5.56. The molecule has 0 spiro atoms. The lowest BCUT2D eigenvalue weighted by Gasteiger charge is -2.34. The fourth-order valence-corrected chi connectivity index (χ4v) is 5.82. The first kappa shape index (κ1) is 25.3. The highest BCUT2D eigenvalue weighted by Crippen LogP contribution is 2.27. The largest absolute Gasteiger partial charge is 0.373 e. The van der Waals surface area contributed by atoms with Crippen LogP contribution in [0.1, 0.15) is 29.8 Å². The van der Waals surface area contributed by atoms with Crippen molar-refractivity contribution < 1.29 is 22.7 Å². The highest BCUT2D eigenvalue weighted by Gasteiger charge is 2.25. The Kier molecular flexibility index (Phi) is 7.27. The van der Waals surface area contributed by atoms with Gasteiger partial charge in [0.2, 0.25) is 0 Å². The summed E-state index contributed by atoms with van der Waals surface area (Å²) in [5.74, 6) is -0.968. The molecule has 2 atom stereocenters. The number of carbonyl (C=O) groups is 2. The van der Waals surface area contributed by atoms with Crippen LogP contribution in [-0.4, -0.2) is 66.2 Å². The van der Waals surface area contributed by atoms with E-state index in [2.05, 4.69) is 31.9 Å². The summed E-state index contributed by atoms with van der Waals surface area (Å²) in [6.07, 6.45) is 1.36. The zero-order valence-electron chi connectivity index (χ0n) is 19.5. The molecule has 4 rings (SSSR count). The van der Waals surface area contributed by atoms with E-state index in [-0.39, 0.29) is 40.6 Å². The molecule has 0 aliphatic carbocycles. The summed E-state index contributed by atoms with van der Waals surface area (Å²) in [7, 11) is -3.98. The number of aromatic nitrogens is 2. The Balaban J connectivity index is 1.53. The van der Waals surface area contributed by atoms with Crippen LogP contribution >= 0.6 is 15.9 Å². The molecule has 0 radical (unpaired) electrons. The number of fused-ring (bicyclic) bond motifs is 1. The number of nitrogens with zero attached hydrogens (tertiary/aromatic N) is 3. The Morgan fingerprint density at radius 3 is 2.43 bits per heavy atom. The number of amides is 2. The Morgan fingerprint density at radius 1 is 1.11 bits per heavy atom. The van der Waals surface area contributed by atoms with E-state index >= 15 is 0 Å². The summed E-state index contributed by atoms with van der Waals surface area (Å²) >= 11 is 3.34. The lowest BCUT2D eigenvalue weighted by Crippen LogP contribution is -2.51. The number of hydrogen-bond donors (Lipinski definition) is 2. The van der Waals surface area contributed by atoms with Crippen LogP contribution in [0.25, 0.3) is 10.9 Å². The van der Waals surface area contributed by atoms with Gasteiger partial charge in [-0.1, -0.05) is 33.6 Å². The van der Waals surface area contributed by atoms with E-state index in [4.69, 9.17) is 4.74 Å². The second-order valence-corrected chi connectivity index (χ2v) is 11.3.